The third-order valence-electron chi connectivity index (χ3n) is 5.69. The van der Waals surface area contributed by atoms with Crippen molar-refractivity contribution >= 4 is 19.5 Å². The van der Waals surface area contributed by atoms with Crippen molar-refractivity contribution in [1.82, 2.24) is 4.67 Å². The summed E-state index contributed by atoms with van der Waals surface area (Å²) in [5.41, 5.74) is 3.17. The number of benzene rings is 3. The monoisotopic (exact) mass is 450 g/mol. The highest BCUT2D eigenvalue weighted by Crippen LogP contribution is 2.46. The molecule has 1 N–H and O–H groups in total. The van der Waals surface area contributed by atoms with Crippen molar-refractivity contribution in [2.75, 3.05) is 37.3 Å². The minimum atomic E-state index is -1.69. The Morgan fingerprint density at radius 1 is 0.906 bits per heavy atom. The third kappa shape index (κ3) is 5.21. The quantitative estimate of drug-likeness (QED) is 0.431. The maximum atomic E-state index is 13.5. The number of anilines is 2. The molecule has 0 spiro atoms. The van der Waals surface area contributed by atoms with E-state index in [4.69, 9.17) is 9.47 Å². The number of rotatable bonds is 9. The lowest BCUT2D eigenvalue weighted by Crippen LogP contribution is -2.29. The number of hydrogen-bond donors (Lipinski definition) is 1. The summed E-state index contributed by atoms with van der Waals surface area (Å²) in [4.78, 5) is 0. The van der Waals surface area contributed by atoms with Crippen LogP contribution in [0.5, 0.6) is 11.5 Å². The van der Waals surface area contributed by atoms with Gasteiger partial charge in [-0.2, -0.15) is 0 Å². The van der Waals surface area contributed by atoms with E-state index in [0.29, 0.717) is 6.54 Å². The number of nitrogens with one attached hydrogen (secondary N) is 1. The molecule has 0 aromatic heterocycles. The molecule has 3 aromatic carbocycles. The van der Waals surface area contributed by atoms with Crippen LogP contribution in [-0.2, 0) is 11.1 Å². The summed E-state index contributed by atoms with van der Waals surface area (Å²) in [6, 6.07) is 26.1. The number of ether oxygens (including phenoxy) is 2. The summed E-state index contributed by atoms with van der Waals surface area (Å²) >= 11 is 0. The topological polar surface area (TPSA) is 54.0 Å². The van der Waals surface area contributed by atoms with Crippen molar-refractivity contribution < 1.29 is 14.0 Å². The van der Waals surface area contributed by atoms with Gasteiger partial charge in [-0.1, -0.05) is 35.0 Å². The molecule has 1 aliphatic rings. The zero-order valence-corrected chi connectivity index (χ0v) is 19.4. The second kappa shape index (κ2) is 10.5. The van der Waals surface area contributed by atoms with Gasteiger partial charge in [-0.25, -0.2) is 0 Å². The van der Waals surface area contributed by atoms with Crippen LogP contribution in [-0.4, -0.2) is 38.0 Å². The summed E-state index contributed by atoms with van der Waals surface area (Å²) in [6.07, 6.45) is 0.882. The van der Waals surface area contributed by atoms with E-state index >= 15 is 0 Å². The van der Waals surface area contributed by atoms with E-state index in [9.17, 15) is 4.57 Å². The van der Waals surface area contributed by atoms with Crippen LogP contribution in [0.25, 0.3) is 0 Å². The van der Waals surface area contributed by atoms with Gasteiger partial charge in [-0.05, 0) is 65.1 Å². The molecular weight excluding hydrogens is 421 g/mol. The van der Waals surface area contributed by atoms with E-state index in [1.54, 1.807) is 14.2 Å². The molecule has 1 saturated heterocycles. The Hall–Kier alpha value is -3.08. The molecule has 0 bridgehead atoms. The molecule has 32 heavy (non-hydrogen) atoms. The second-order valence-corrected chi connectivity index (χ2v) is 9.22. The van der Waals surface area contributed by atoms with E-state index in [2.05, 4.69) is 22.1 Å². The summed E-state index contributed by atoms with van der Waals surface area (Å²) in [7, 11) is 1.63. The second-order valence-electron chi connectivity index (χ2n) is 7.71. The Labute approximate surface area is 190 Å². The van der Waals surface area contributed by atoms with Crippen LogP contribution >= 0.6 is 8.10 Å². The van der Waals surface area contributed by atoms with Gasteiger partial charge in [0, 0.05) is 12.2 Å². The third-order valence-corrected chi connectivity index (χ3v) is 7.40. The van der Waals surface area contributed by atoms with Gasteiger partial charge in [0.15, 0.2) is 0 Å². The lowest BCUT2D eigenvalue weighted by molar-refractivity contribution is 0.343. The predicted octanol–water partition coefficient (Wildman–Crippen LogP) is 5.55. The molecule has 0 radical (unpaired) electrons. The summed E-state index contributed by atoms with van der Waals surface area (Å²) in [5.74, 6) is 1.64. The van der Waals surface area contributed by atoms with E-state index in [1.165, 1.54) is 5.56 Å². The summed E-state index contributed by atoms with van der Waals surface area (Å²) in [6.45, 7) is 2.18. The van der Waals surface area contributed by atoms with E-state index in [-0.39, 0.29) is 6.04 Å². The predicted molar refractivity (Wildman–Crippen MR) is 130 cm³/mol. The molecule has 6 nitrogen and oxygen atoms in total. The molecule has 166 valence electrons. The normalized spacial score (nSPS) is 17.4. The Bertz CT molecular complexity index is 1010. The molecule has 1 unspecified atom stereocenters. The zero-order valence-electron chi connectivity index (χ0n) is 18.5. The number of methoxy groups -OCH3 is 2. The van der Waals surface area contributed by atoms with E-state index in [0.717, 1.165) is 42.4 Å². The molecule has 0 aliphatic carbocycles. The zero-order chi connectivity index (χ0) is 22.3. The van der Waals surface area contributed by atoms with E-state index < -0.39 is 8.10 Å². The van der Waals surface area contributed by atoms with E-state index in [1.807, 2.05) is 71.4 Å². The van der Waals surface area contributed by atoms with Crippen molar-refractivity contribution in [1.29, 1.82) is 0 Å². The van der Waals surface area contributed by atoms with Crippen molar-refractivity contribution in [2.24, 2.45) is 0 Å². The van der Waals surface area contributed by atoms with Crippen molar-refractivity contribution in [3.05, 3.63) is 84.4 Å². The van der Waals surface area contributed by atoms with Gasteiger partial charge < -0.3 is 14.8 Å². The lowest BCUT2D eigenvalue weighted by atomic mass is 10.1. The largest absolute Gasteiger partial charge is 0.567 e. The first-order valence-electron chi connectivity index (χ1n) is 10.7. The maximum absolute atomic E-state index is 13.5. The molecule has 2 atom stereocenters. The maximum Gasteiger partial charge on any atom is 0.567 e. The van der Waals surface area contributed by atoms with Crippen LogP contribution in [0.3, 0.4) is 0 Å². The Morgan fingerprint density at radius 2 is 1.53 bits per heavy atom. The first-order chi connectivity index (χ1) is 15.7. The smallest absolute Gasteiger partial charge is 0.497 e. The Morgan fingerprint density at radius 3 is 2.16 bits per heavy atom. The molecule has 0 amide bonds. The van der Waals surface area contributed by atoms with Gasteiger partial charge in [0.2, 0.25) is 0 Å². The van der Waals surface area contributed by atoms with Gasteiger partial charge >= 0.3 is 8.10 Å². The summed E-state index contributed by atoms with van der Waals surface area (Å²) < 4.78 is 28.1. The van der Waals surface area contributed by atoms with Crippen molar-refractivity contribution in [2.45, 2.75) is 19.0 Å². The average molecular weight is 450 g/mol. The van der Waals surface area contributed by atoms with Gasteiger partial charge in [-0.15, -0.1) is 4.67 Å². The molecule has 3 aromatic rings. The molecule has 0 saturated carbocycles. The minimum absolute atomic E-state index is 0.173. The molecule has 1 fully saturated rings. The summed E-state index contributed by atoms with van der Waals surface area (Å²) in [5, 5.41) is 3.48. The highest BCUT2D eigenvalue weighted by atomic mass is 31.1. The first kappa shape index (κ1) is 22.1. The van der Waals surface area contributed by atoms with Gasteiger partial charge in [-0.3, -0.25) is 0 Å². The number of nitrogens with zero attached hydrogens (tertiary/aromatic N) is 2. The first-order valence-corrected chi connectivity index (χ1v) is 11.9. The van der Waals surface area contributed by atoms with Crippen LogP contribution in [0.2, 0.25) is 0 Å². The molecule has 1 aliphatic heterocycles. The van der Waals surface area contributed by atoms with Gasteiger partial charge in [0.25, 0.3) is 0 Å². The van der Waals surface area contributed by atoms with Gasteiger partial charge in [0.05, 0.1) is 39.0 Å². The Balaban J connectivity index is 1.46. The Kier molecular flexibility index (Phi) is 7.25. The van der Waals surface area contributed by atoms with Crippen molar-refractivity contribution in [3.63, 3.8) is 0 Å². The average Bonchev–Trinajstić information content (AvgIpc) is 3.15. The number of hydrogen-bond acceptors (Lipinski definition) is 4. The molecule has 4 rings (SSSR count). The van der Waals surface area contributed by atoms with Crippen LogP contribution in [0.4, 0.5) is 11.4 Å². The fraction of sp³-hybridized carbons (Fsp3) is 0.280. The molecular formula is C25H29N3O3P+. The van der Waals surface area contributed by atoms with Crippen LogP contribution in [0, 0.1) is 0 Å². The van der Waals surface area contributed by atoms with Crippen LogP contribution in [0.1, 0.15) is 12.0 Å². The van der Waals surface area contributed by atoms with Crippen LogP contribution < -0.4 is 19.5 Å². The SMILES string of the molecule is COc1ccc(NCC[C@H]2CN(c3ccc(OC)cc3)[P+](=O)N2Cc2ccccc2)cc1. The van der Waals surface area contributed by atoms with Gasteiger partial charge in [0.1, 0.15) is 11.5 Å². The van der Waals surface area contributed by atoms with Crippen molar-refractivity contribution in [3.8, 4) is 11.5 Å². The van der Waals surface area contributed by atoms with Crippen LogP contribution in [0.15, 0.2) is 78.9 Å². The fourth-order valence-corrected chi connectivity index (χ4v) is 5.58. The highest BCUT2D eigenvalue weighted by molar-refractivity contribution is 7.44. The lowest BCUT2D eigenvalue weighted by Gasteiger charge is -2.15. The standard InChI is InChI=1S/C25H29N3O3P/c1-30-24-12-8-21(9-13-24)26-17-16-23-19-28(22-10-14-25(31-2)15-11-22)32(29)27(23)18-20-6-4-3-5-7-20/h3-15,23,26H,16-19H2,1-2H3/q+1/t23-/m0/s1. The molecule has 7 heteroatoms. The minimum Gasteiger partial charge on any atom is -0.497 e. The fourth-order valence-electron chi connectivity index (χ4n) is 3.89. The highest BCUT2D eigenvalue weighted by Gasteiger charge is 2.50. The molecule has 1 heterocycles.